The van der Waals surface area contributed by atoms with Gasteiger partial charge in [0.05, 0.1) is 0 Å². The van der Waals surface area contributed by atoms with Gasteiger partial charge in [-0.1, -0.05) is 12.1 Å². The van der Waals surface area contributed by atoms with Crippen LogP contribution in [-0.2, 0) is 11.2 Å². The van der Waals surface area contributed by atoms with E-state index >= 15 is 0 Å². The molecule has 1 aliphatic heterocycles. The first-order valence-electron chi connectivity index (χ1n) is 10.2. The maximum absolute atomic E-state index is 13.0. The Balaban J connectivity index is 1.28. The van der Waals surface area contributed by atoms with Crippen molar-refractivity contribution in [3.05, 3.63) is 36.0 Å². The Morgan fingerprint density at radius 3 is 2.75 bits per heavy atom. The summed E-state index contributed by atoms with van der Waals surface area (Å²) in [5.41, 5.74) is 0.706. The molecular formula is C21H29FN4O2. The summed E-state index contributed by atoms with van der Waals surface area (Å²) in [4.78, 5) is 18.7. The molecule has 0 unspecified atom stereocenters. The summed E-state index contributed by atoms with van der Waals surface area (Å²) >= 11 is 0. The van der Waals surface area contributed by atoms with E-state index in [2.05, 4.69) is 27.3 Å². The number of nitrogens with zero attached hydrogens (tertiary/aromatic N) is 3. The van der Waals surface area contributed by atoms with Crippen LogP contribution in [0.2, 0.25) is 0 Å². The number of benzene rings is 1. The fourth-order valence-corrected chi connectivity index (χ4v) is 3.38. The molecule has 0 atom stereocenters. The lowest BCUT2D eigenvalue weighted by Crippen LogP contribution is -2.35. The predicted octanol–water partition coefficient (Wildman–Crippen LogP) is 3.44. The van der Waals surface area contributed by atoms with Gasteiger partial charge in [-0.15, -0.1) is 0 Å². The number of nitrogens with one attached hydrogen (secondary N) is 1. The number of hydrogen-bond donors (Lipinski definition) is 1. The number of halogens is 1. The fourth-order valence-electron chi connectivity index (χ4n) is 3.38. The molecule has 0 radical (unpaired) electrons. The average molecular weight is 388 g/mol. The zero-order chi connectivity index (χ0) is 19.8. The first-order valence-corrected chi connectivity index (χ1v) is 10.2. The third kappa shape index (κ3) is 6.41. The van der Waals surface area contributed by atoms with Crippen molar-refractivity contribution < 1.29 is 13.7 Å². The van der Waals surface area contributed by atoms with Gasteiger partial charge in [-0.05, 0) is 75.5 Å². The third-order valence-corrected chi connectivity index (χ3v) is 5.21. The van der Waals surface area contributed by atoms with Crippen LogP contribution in [0.1, 0.15) is 44.9 Å². The minimum Gasteiger partial charge on any atom is -0.356 e. The first kappa shape index (κ1) is 20.5. The van der Waals surface area contributed by atoms with E-state index in [0.29, 0.717) is 36.5 Å². The maximum atomic E-state index is 13.0. The number of rotatable bonds is 9. The van der Waals surface area contributed by atoms with Crippen LogP contribution in [0.3, 0.4) is 0 Å². The topological polar surface area (TPSA) is 71.3 Å². The van der Waals surface area contributed by atoms with E-state index in [0.717, 1.165) is 25.4 Å². The molecule has 1 aromatic heterocycles. The Labute approximate surface area is 165 Å². The van der Waals surface area contributed by atoms with Gasteiger partial charge in [0.25, 0.3) is 0 Å². The molecule has 0 aliphatic carbocycles. The minimum atomic E-state index is -0.302. The quantitative estimate of drug-likeness (QED) is 0.667. The zero-order valence-electron chi connectivity index (χ0n) is 16.5. The number of piperidine rings is 1. The molecule has 2 heterocycles. The van der Waals surface area contributed by atoms with Crippen LogP contribution in [0.15, 0.2) is 28.8 Å². The van der Waals surface area contributed by atoms with E-state index in [1.807, 2.05) is 0 Å². The van der Waals surface area contributed by atoms with E-state index < -0.39 is 0 Å². The third-order valence-electron chi connectivity index (χ3n) is 5.21. The summed E-state index contributed by atoms with van der Waals surface area (Å²) in [5, 5.41) is 6.90. The van der Waals surface area contributed by atoms with Crippen molar-refractivity contribution in [1.82, 2.24) is 20.4 Å². The monoisotopic (exact) mass is 388 g/mol. The van der Waals surface area contributed by atoms with Crippen LogP contribution in [0.5, 0.6) is 0 Å². The number of carbonyl (C=O) groups is 1. The predicted molar refractivity (Wildman–Crippen MR) is 105 cm³/mol. The highest BCUT2D eigenvalue weighted by molar-refractivity contribution is 5.75. The van der Waals surface area contributed by atoms with Crippen molar-refractivity contribution in [3.63, 3.8) is 0 Å². The smallest absolute Gasteiger partial charge is 0.226 e. The Kier molecular flexibility index (Phi) is 7.54. The lowest BCUT2D eigenvalue weighted by molar-refractivity contribution is -0.121. The van der Waals surface area contributed by atoms with Gasteiger partial charge in [0.2, 0.25) is 17.6 Å². The lowest BCUT2D eigenvalue weighted by atomic mass is 9.99. The Morgan fingerprint density at radius 2 is 2.00 bits per heavy atom. The van der Waals surface area contributed by atoms with Crippen molar-refractivity contribution in [2.24, 2.45) is 5.92 Å². The highest BCUT2D eigenvalue weighted by atomic mass is 19.1. The number of aryl methyl sites for hydroxylation is 1. The molecule has 152 valence electrons. The normalized spacial score (nSPS) is 15.6. The molecule has 7 heteroatoms. The van der Waals surface area contributed by atoms with Crippen molar-refractivity contribution >= 4 is 5.91 Å². The molecule has 0 saturated carbocycles. The van der Waals surface area contributed by atoms with Gasteiger partial charge in [0.1, 0.15) is 5.82 Å². The van der Waals surface area contributed by atoms with Gasteiger partial charge in [0, 0.05) is 24.9 Å². The van der Waals surface area contributed by atoms with E-state index in [9.17, 15) is 9.18 Å². The van der Waals surface area contributed by atoms with Gasteiger partial charge in [-0.25, -0.2) is 4.39 Å². The number of amides is 1. The van der Waals surface area contributed by atoms with E-state index in [1.54, 1.807) is 12.1 Å². The van der Waals surface area contributed by atoms with Crippen molar-refractivity contribution in [2.75, 3.05) is 26.2 Å². The highest BCUT2D eigenvalue weighted by Crippen LogP contribution is 2.17. The van der Waals surface area contributed by atoms with Crippen LogP contribution in [0.4, 0.5) is 4.39 Å². The van der Waals surface area contributed by atoms with Crippen molar-refractivity contribution in [1.29, 1.82) is 0 Å². The second-order valence-corrected chi connectivity index (χ2v) is 7.60. The van der Waals surface area contributed by atoms with E-state index in [1.165, 1.54) is 38.1 Å². The van der Waals surface area contributed by atoms with Gasteiger partial charge < -0.3 is 14.7 Å². The number of hydrogen-bond acceptors (Lipinski definition) is 5. The van der Waals surface area contributed by atoms with Crippen molar-refractivity contribution in [2.45, 2.75) is 45.4 Å². The van der Waals surface area contributed by atoms with Crippen LogP contribution >= 0.6 is 0 Å². The molecule has 28 heavy (non-hydrogen) atoms. The minimum absolute atomic E-state index is 0.0607. The largest absolute Gasteiger partial charge is 0.356 e. The van der Waals surface area contributed by atoms with Gasteiger partial charge in [0.15, 0.2) is 0 Å². The van der Waals surface area contributed by atoms with Crippen LogP contribution in [-0.4, -0.2) is 47.1 Å². The molecule has 1 saturated heterocycles. The second-order valence-electron chi connectivity index (χ2n) is 7.60. The zero-order valence-corrected chi connectivity index (χ0v) is 16.5. The Bertz CT molecular complexity index is 739. The molecular weight excluding hydrogens is 359 g/mol. The molecule has 1 N–H and O–H groups in total. The molecule has 1 aliphatic rings. The van der Waals surface area contributed by atoms with Crippen LogP contribution in [0.25, 0.3) is 11.4 Å². The highest BCUT2D eigenvalue weighted by Gasteiger charge is 2.15. The SMILES string of the molecule is CC1CCN(CCCNC(=O)CCCc2nc(-c3ccc(F)cc3)no2)CC1. The molecule has 0 spiro atoms. The molecule has 1 fully saturated rings. The molecule has 6 nitrogen and oxygen atoms in total. The number of likely N-dealkylation sites (tertiary alicyclic amines) is 1. The van der Waals surface area contributed by atoms with Crippen molar-refractivity contribution in [3.8, 4) is 11.4 Å². The summed E-state index contributed by atoms with van der Waals surface area (Å²) < 4.78 is 18.2. The van der Waals surface area contributed by atoms with Crippen LogP contribution in [0, 0.1) is 11.7 Å². The maximum Gasteiger partial charge on any atom is 0.226 e. The molecule has 1 amide bonds. The summed E-state index contributed by atoms with van der Waals surface area (Å²) in [5.74, 6) is 1.54. The van der Waals surface area contributed by atoms with Crippen LogP contribution < -0.4 is 5.32 Å². The average Bonchev–Trinajstić information content (AvgIpc) is 3.16. The lowest BCUT2D eigenvalue weighted by Gasteiger charge is -2.30. The van der Waals surface area contributed by atoms with Gasteiger partial charge in [-0.2, -0.15) is 4.98 Å². The number of aromatic nitrogens is 2. The Hall–Kier alpha value is -2.28. The Morgan fingerprint density at radius 1 is 1.25 bits per heavy atom. The van der Waals surface area contributed by atoms with E-state index in [4.69, 9.17) is 4.52 Å². The molecule has 3 rings (SSSR count). The summed E-state index contributed by atoms with van der Waals surface area (Å²) in [6, 6.07) is 5.95. The standard InChI is InChI=1S/C21H29FN4O2/c1-16-10-14-26(15-11-16)13-3-12-23-19(27)4-2-5-20-24-21(25-28-20)17-6-8-18(22)9-7-17/h6-9,16H,2-5,10-15H2,1H3,(H,23,27). The summed E-state index contributed by atoms with van der Waals surface area (Å²) in [6.45, 7) is 6.45. The first-order chi connectivity index (χ1) is 13.6. The fraction of sp³-hybridized carbons (Fsp3) is 0.571. The van der Waals surface area contributed by atoms with Gasteiger partial charge in [-0.3, -0.25) is 4.79 Å². The second kappa shape index (κ2) is 10.3. The number of carbonyl (C=O) groups excluding carboxylic acids is 1. The molecule has 0 bridgehead atoms. The molecule has 1 aromatic carbocycles. The van der Waals surface area contributed by atoms with Gasteiger partial charge >= 0.3 is 0 Å². The summed E-state index contributed by atoms with van der Waals surface area (Å²) in [6.07, 6.45) is 5.20. The summed E-state index contributed by atoms with van der Waals surface area (Å²) in [7, 11) is 0. The molecule has 2 aromatic rings. The van der Waals surface area contributed by atoms with E-state index in [-0.39, 0.29) is 11.7 Å².